The Morgan fingerprint density at radius 1 is 0.412 bits per heavy atom. The number of benzene rings is 3. The Hall–Kier alpha value is -4.18. The summed E-state index contributed by atoms with van der Waals surface area (Å²) >= 11 is -2.57. The minimum Gasteiger partial charge on any atom is -0.502 e. The lowest BCUT2D eigenvalue weighted by atomic mass is 10.2. The van der Waals surface area contributed by atoms with Crippen LogP contribution in [-0.4, -0.2) is 30.1 Å². The number of aromatic hydroxyl groups is 3. The normalized spacial score (nSPS) is 11.3. The van der Waals surface area contributed by atoms with E-state index in [1.807, 2.05) is 91.4 Å². The van der Waals surface area contributed by atoms with Crippen LogP contribution >= 0.6 is 0 Å². The van der Waals surface area contributed by atoms with Gasteiger partial charge in [0.05, 0.1) is 0 Å². The Morgan fingerprint density at radius 3 is 1.03 bits per heavy atom. The molecule has 0 aliphatic carbocycles. The number of phenolic OH excluding ortho intramolecular Hbond substituents is 3. The molecule has 6 nitrogen and oxygen atoms in total. The second kappa shape index (κ2) is 8.00. The Balaban J connectivity index is 1.80. The highest BCUT2D eigenvalue weighted by atomic mass is 27.2. The second-order valence-corrected chi connectivity index (χ2v) is 10.6. The van der Waals surface area contributed by atoms with E-state index < -0.39 is 14.8 Å². The molecule has 3 heterocycles. The summed E-state index contributed by atoms with van der Waals surface area (Å²) in [6.07, 6.45) is 5.86. The molecule has 0 saturated carbocycles. The highest BCUT2D eigenvalue weighted by Gasteiger charge is 2.91. The number of hydrogen-bond donors (Lipinski definition) is 3. The lowest BCUT2D eigenvalue weighted by Gasteiger charge is -2.06. The summed E-state index contributed by atoms with van der Waals surface area (Å²) < 4.78 is 6.26. The molecule has 34 heavy (non-hydrogen) atoms. The van der Waals surface area contributed by atoms with Crippen LogP contribution in [-0.2, 0) is 0 Å². The van der Waals surface area contributed by atoms with Crippen molar-refractivity contribution >= 4 is 47.5 Å². The molecule has 0 radical (unpaired) electrons. The molecule has 0 atom stereocenters. The monoisotopic (exact) mass is 462 g/mol. The van der Waals surface area contributed by atoms with Crippen LogP contribution in [0, 0.1) is 0 Å². The third-order valence-corrected chi connectivity index (χ3v) is 9.01. The van der Waals surface area contributed by atoms with Crippen LogP contribution in [0.4, 0.5) is 0 Å². The number of nitrogens with zero attached hydrogens (tertiary/aromatic N) is 3. The van der Waals surface area contributed by atoms with Crippen LogP contribution in [0.3, 0.4) is 0 Å². The average molecular weight is 462 g/mol. The molecule has 3 aromatic heterocycles. The van der Waals surface area contributed by atoms with Crippen molar-refractivity contribution in [2.75, 3.05) is 0 Å². The molecule has 0 spiro atoms. The van der Waals surface area contributed by atoms with E-state index in [4.69, 9.17) is 0 Å². The zero-order chi connectivity index (χ0) is 23.2. The predicted octanol–water partition coefficient (Wildman–Crippen LogP) is 3.06. The molecular weight excluding hydrogens is 441 g/mol. The van der Waals surface area contributed by atoms with Gasteiger partial charge in [0, 0.05) is 16.2 Å². The lowest BCUT2D eigenvalue weighted by Crippen LogP contribution is -2.84. The van der Waals surface area contributed by atoms with Gasteiger partial charge in [-0.05, 0) is 72.8 Å². The molecule has 6 rings (SSSR count). The fourth-order valence-electron chi connectivity index (χ4n) is 4.81. The van der Waals surface area contributed by atoms with Gasteiger partial charge >= 0.3 is 14.8 Å². The van der Waals surface area contributed by atoms with Gasteiger partial charge in [-0.25, -0.2) is 10.7 Å². The maximum Gasteiger partial charge on any atom is 1.74 e. The van der Waals surface area contributed by atoms with Crippen molar-refractivity contribution in [3.63, 3.8) is 0 Å². The predicted molar refractivity (Wildman–Crippen MR) is 129 cm³/mol. The van der Waals surface area contributed by atoms with E-state index in [9.17, 15) is 15.3 Å². The van der Waals surface area contributed by atoms with Crippen molar-refractivity contribution < 1.29 is 26.0 Å². The summed E-state index contributed by atoms with van der Waals surface area (Å²) in [5.74, 6) is 0.516. The van der Waals surface area contributed by atoms with Crippen molar-refractivity contribution in [2.24, 2.45) is 0 Å². The van der Waals surface area contributed by atoms with Crippen molar-refractivity contribution in [1.29, 1.82) is 0 Å². The van der Waals surface area contributed by atoms with E-state index in [1.165, 1.54) is 0 Å². The first-order chi connectivity index (χ1) is 16.6. The summed E-state index contributed by atoms with van der Waals surface area (Å²) in [5, 5.41) is 35.4. The maximum absolute atomic E-state index is 10.9. The molecule has 0 aliphatic rings. The number of aromatic nitrogens is 3. The fraction of sp³-hybridized carbons (Fsp3) is 0. The summed E-state index contributed by atoms with van der Waals surface area (Å²) in [6, 6.07) is 28.2. The van der Waals surface area contributed by atoms with Crippen molar-refractivity contribution in [2.45, 2.75) is 0 Å². The van der Waals surface area contributed by atoms with Crippen molar-refractivity contribution in [3.05, 3.63) is 110 Å². The maximum atomic E-state index is 10.9. The van der Waals surface area contributed by atoms with Gasteiger partial charge in [0.15, 0.2) is 17.2 Å². The first-order valence-corrected chi connectivity index (χ1v) is 12.5. The Kier molecular flexibility index (Phi) is 4.80. The van der Waals surface area contributed by atoms with Gasteiger partial charge in [0.2, 0.25) is 16.6 Å². The van der Waals surface area contributed by atoms with E-state index >= 15 is 0 Å². The van der Waals surface area contributed by atoms with E-state index in [1.54, 1.807) is 18.2 Å². The molecule has 3 N–H and O–H groups in total. The first kappa shape index (κ1) is 20.4. The minimum absolute atomic E-state index is 0.172. The molecular formula is C27H21AlN3O3+3. The van der Waals surface area contributed by atoms with Crippen LogP contribution < -0.4 is 10.7 Å². The van der Waals surface area contributed by atoms with E-state index in [-0.39, 0.29) is 17.2 Å². The van der Waals surface area contributed by atoms with E-state index in [2.05, 4.69) is 10.7 Å². The molecule has 0 amide bonds. The number of hydrogen-bond acceptors (Lipinski definition) is 3. The zero-order valence-corrected chi connectivity index (χ0v) is 19.3. The van der Waals surface area contributed by atoms with Gasteiger partial charge < -0.3 is 15.3 Å². The fourth-order valence-corrected chi connectivity index (χ4v) is 7.92. The molecule has 6 aromatic rings. The molecule has 162 valence electrons. The molecule has 0 fully saturated rings. The van der Waals surface area contributed by atoms with E-state index in [0.29, 0.717) is 16.6 Å². The third-order valence-electron chi connectivity index (χ3n) is 6.23. The van der Waals surface area contributed by atoms with Gasteiger partial charge in [0.1, 0.15) is 18.6 Å². The van der Waals surface area contributed by atoms with Crippen molar-refractivity contribution in [3.8, 4) is 17.2 Å². The van der Waals surface area contributed by atoms with Gasteiger partial charge in [-0.3, -0.25) is 0 Å². The van der Waals surface area contributed by atoms with Crippen LogP contribution in [0.2, 0.25) is 0 Å². The summed E-state index contributed by atoms with van der Waals surface area (Å²) in [6.45, 7) is 0. The largest absolute Gasteiger partial charge is 1.74 e. The highest BCUT2D eigenvalue weighted by molar-refractivity contribution is 6.31. The Labute approximate surface area is 200 Å². The van der Waals surface area contributed by atoms with Gasteiger partial charge in [-0.15, -0.1) is 0 Å². The standard InChI is InChI=1S/3C9H7NO.Al/c3*11-8-5-1-3-7-4-2-6-10-9(7)8;/h3*1-6,11H;/q;;;+3. The quantitative estimate of drug-likeness (QED) is 0.354. The second-order valence-electron chi connectivity index (χ2n) is 8.24. The third kappa shape index (κ3) is 3.14. The van der Waals surface area contributed by atoms with Gasteiger partial charge in [-0.1, -0.05) is 18.2 Å². The topological polar surface area (TPSA) is 72.3 Å². The zero-order valence-electron chi connectivity index (χ0n) is 18.2. The molecule has 0 bridgehead atoms. The van der Waals surface area contributed by atoms with Gasteiger partial charge in [-0.2, -0.15) is 0 Å². The van der Waals surface area contributed by atoms with Crippen LogP contribution in [0.5, 0.6) is 17.2 Å². The summed E-state index contributed by atoms with van der Waals surface area (Å²) in [4.78, 5) is 0. The van der Waals surface area contributed by atoms with Crippen LogP contribution in [0.15, 0.2) is 110 Å². The first-order valence-electron chi connectivity index (χ1n) is 11.0. The minimum atomic E-state index is -2.57. The molecule has 0 unspecified atom stereocenters. The lowest BCUT2D eigenvalue weighted by molar-refractivity contribution is -0.767. The Bertz CT molecular complexity index is 1500. The SMILES string of the molecule is Oc1cccc2ccc[n+]([Al]([n+]3cccc4cccc(O)c43)[n+]3cccc4cccc(O)c43)c12. The van der Waals surface area contributed by atoms with Crippen molar-refractivity contribution in [1.82, 2.24) is 0 Å². The average Bonchev–Trinajstić information content (AvgIpc) is 2.85. The Morgan fingerprint density at radius 2 is 0.706 bits per heavy atom. The molecule has 0 saturated heterocycles. The van der Waals surface area contributed by atoms with Gasteiger partial charge in [0.25, 0.3) is 0 Å². The summed E-state index contributed by atoms with van der Waals surface area (Å²) in [5.41, 5.74) is 2.09. The number of phenols is 3. The highest BCUT2D eigenvalue weighted by Crippen LogP contribution is 2.24. The number of para-hydroxylation sites is 3. The molecule has 7 heteroatoms. The number of pyridine rings is 3. The van der Waals surface area contributed by atoms with Crippen LogP contribution in [0.1, 0.15) is 0 Å². The van der Waals surface area contributed by atoms with Crippen LogP contribution in [0.25, 0.3) is 32.7 Å². The van der Waals surface area contributed by atoms with E-state index in [0.717, 1.165) is 16.2 Å². The smallest absolute Gasteiger partial charge is 0.502 e. The number of fused-ring (bicyclic) bond motifs is 3. The molecule has 0 aliphatic heterocycles. The molecule has 3 aromatic carbocycles. The summed E-state index contributed by atoms with van der Waals surface area (Å²) in [7, 11) is 0. The number of rotatable bonds is 3.